The monoisotopic (exact) mass is 535 g/mol. The highest BCUT2D eigenvalue weighted by Gasteiger charge is 2.39. The molecule has 0 fully saturated rings. The molecule has 188 valence electrons. The van der Waals surface area contributed by atoms with Crippen molar-refractivity contribution in [2.24, 2.45) is 0 Å². The van der Waals surface area contributed by atoms with Gasteiger partial charge in [0.1, 0.15) is 5.75 Å². The lowest BCUT2D eigenvalue weighted by atomic mass is 10.1. The topological polar surface area (TPSA) is 114 Å². The molecule has 0 unspecified atom stereocenters. The molecule has 0 aliphatic carbocycles. The van der Waals surface area contributed by atoms with Crippen LogP contribution in [0.1, 0.15) is 16.8 Å². The Hall–Kier alpha value is -4.57. The second-order valence-corrected chi connectivity index (χ2v) is 7.89. The molecule has 0 saturated carbocycles. The first kappa shape index (κ1) is 25.5. The molecule has 4 aromatic rings. The van der Waals surface area contributed by atoms with Gasteiger partial charge in [0.2, 0.25) is 5.75 Å². The molecule has 0 radical (unpaired) electrons. The summed E-state index contributed by atoms with van der Waals surface area (Å²) >= 11 is 5.86. The number of H-pyrrole nitrogens is 1. The number of nitrogens with one attached hydrogen (secondary N) is 1. The number of aromatic nitrogens is 4. The first-order valence-electron chi connectivity index (χ1n) is 10.1. The lowest BCUT2D eigenvalue weighted by Gasteiger charge is -2.15. The lowest BCUT2D eigenvalue weighted by molar-refractivity contribution is -0.142. The third kappa shape index (κ3) is 5.34. The van der Waals surface area contributed by atoms with Crippen molar-refractivity contribution in [3.8, 4) is 28.8 Å². The Kier molecular flexibility index (Phi) is 6.78. The molecule has 0 spiro atoms. The van der Waals surface area contributed by atoms with Gasteiger partial charge in [-0.15, -0.1) is 0 Å². The van der Waals surface area contributed by atoms with Crippen molar-refractivity contribution in [2.75, 3.05) is 0 Å². The highest BCUT2D eigenvalue weighted by atomic mass is 35.5. The molecule has 2 heterocycles. The third-order valence-electron chi connectivity index (χ3n) is 4.93. The minimum Gasteiger partial charge on any atom is -0.449 e. The average Bonchev–Trinajstić information content (AvgIpc) is 2.83. The van der Waals surface area contributed by atoms with E-state index in [1.165, 1.54) is 18.2 Å². The Bertz CT molecular complexity index is 1680. The van der Waals surface area contributed by atoms with Crippen molar-refractivity contribution in [1.82, 2.24) is 19.7 Å². The predicted octanol–water partition coefficient (Wildman–Crippen LogP) is 4.66. The van der Waals surface area contributed by atoms with E-state index in [0.29, 0.717) is 10.9 Å². The fraction of sp³-hybridized carbons (Fsp3) is 0.0870. The molecule has 1 N–H and O–H groups in total. The van der Waals surface area contributed by atoms with E-state index in [-0.39, 0.29) is 33.2 Å². The van der Waals surface area contributed by atoms with Crippen LogP contribution in [0, 0.1) is 23.0 Å². The van der Waals surface area contributed by atoms with E-state index >= 15 is 0 Å². The number of aromatic amines is 1. The Morgan fingerprint density at radius 1 is 1.14 bits per heavy atom. The predicted molar refractivity (Wildman–Crippen MR) is 119 cm³/mol. The van der Waals surface area contributed by atoms with E-state index < -0.39 is 46.9 Å². The van der Waals surface area contributed by atoms with Crippen LogP contribution in [-0.4, -0.2) is 19.7 Å². The Labute approximate surface area is 208 Å². The van der Waals surface area contributed by atoms with Crippen molar-refractivity contribution in [3.05, 3.63) is 103 Å². The highest BCUT2D eigenvalue weighted by Crippen LogP contribution is 2.35. The number of alkyl halides is 3. The number of benzene rings is 2. The normalized spacial score (nSPS) is 11.3. The van der Waals surface area contributed by atoms with E-state index in [1.807, 2.05) is 0 Å². The van der Waals surface area contributed by atoms with Gasteiger partial charge in [-0.2, -0.15) is 23.5 Å². The Morgan fingerprint density at radius 3 is 2.59 bits per heavy atom. The van der Waals surface area contributed by atoms with Gasteiger partial charge in [0, 0.05) is 16.1 Å². The van der Waals surface area contributed by atoms with Crippen molar-refractivity contribution in [1.29, 1.82) is 5.26 Å². The minimum absolute atomic E-state index is 0.0349. The summed E-state index contributed by atoms with van der Waals surface area (Å²) in [5.41, 5.74) is -4.58. The molecule has 4 rings (SSSR count). The standard InChI is InChI=1S/C23H11ClF5N5O3/c24-13-4-11(8-30)5-14(7-13)37-19-20(23(27,28)29)31-10-34(22(19)36)9-12-6-17(32-33-21(12)35)15-2-1-3-16(25)18(15)26/h1-7,10H,9H2,(H,33,35). The molecule has 0 aliphatic rings. The number of halogens is 6. The van der Waals surface area contributed by atoms with Crippen LogP contribution < -0.4 is 15.9 Å². The summed E-state index contributed by atoms with van der Waals surface area (Å²) in [6.07, 6.45) is -4.54. The van der Waals surface area contributed by atoms with E-state index in [1.54, 1.807) is 6.07 Å². The average molecular weight is 536 g/mol. The molecular formula is C23H11ClF5N5O3. The van der Waals surface area contributed by atoms with Gasteiger partial charge in [-0.3, -0.25) is 14.2 Å². The Morgan fingerprint density at radius 2 is 1.89 bits per heavy atom. The van der Waals surface area contributed by atoms with Crippen LogP contribution in [0.25, 0.3) is 11.3 Å². The van der Waals surface area contributed by atoms with E-state index in [4.69, 9.17) is 21.6 Å². The van der Waals surface area contributed by atoms with Gasteiger partial charge in [-0.25, -0.2) is 18.9 Å². The molecule has 0 saturated heterocycles. The number of hydrogen-bond donors (Lipinski definition) is 1. The molecule has 2 aromatic carbocycles. The van der Waals surface area contributed by atoms with Crippen LogP contribution >= 0.6 is 11.6 Å². The number of ether oxygens (including phenoxy) is 1. The van der Waals surface area contributed by atoms with Crippen LogP contribution in [-0.2, 0) is 12.7 Å². The zero-order valence-corrected chi connectivity index (χ0v) is 18.9. The molecule has 2 aromatic heterocycles. The van der Waals surface area contributed by atoms with Crippen LogP contribution in [0.4, 0.5) is 22.0 Å². The maximum absolute atomic E-state index is 14.2. The van der Waals surface area contributed by atoms with Crippen LogP contribution in [0.3, 0.4) is 0 Å². The van der Waals surface area contributed by atoms with Crippen molar-refractivity contribution >= 4 is 11.6 Å². The van der Waals surface area contributed by atoms with Crippen molar-refractivity contribution in [2.45, 2.75) is 12.7 Å². The summed E-state index contributed by atoms with van der Waals surface area (Å²) in [6.45, 7) is -0.624. The summed E-state index contributed by atoms with van der Waals surface area (Å²) in [7, 11) is 0. The third-order valence-corrected chi connectivity index (χ3v) is 5.15. The van der Waals surface area contributed by atoms with Gasteiger partial charge in [0.15, 0.2) is 17.3 Å². The van der Waals surface area contributed by atoms with Gasteiger partial charge in [0.05, 0.1) is 30.2 Å². The largest absolute Gasteiger partial charge is 0.449 e. The number of nitrogens with zero attached hydrogens (tertiary/aromatic N) is 4. The van der Waals surface area contributed by atoms with Crippen LogP contribution in [0.15, 0.2) is 58.4 Å². The van der Waals surface area contributed by atoms with E-state index in [2.05, 4.69) is 15.2 Å². The van der Waals surface area contributed by atoms with Gasteiger partial charge in [-0.1, -0.05) is 17.7 Å². The molecule has 37 heavy (non-hydrogen) atoms. The fourth-order valence-corrected chi connectivity index (χ4v) is 3.49. The number of nitriles is 1. The fourth-order valence-electron chi connectivity index (χ4n) is 3.27. The molecule has 0 atom stereocenters. The summed E-state index contributed by atoms with van der Waals surface area (Å²) in [4.78, 5) is 28.6. The molecule has 0 amide bonds. The first-order valence-corrected chi connectivity index (χ1v) is 10.4. The quantitative estimate of drug-likeness (QED) is 0.372. The smallest absolute Gasteiger partial charge is 0.437 e. The van der Waals surface area contributed by atoms with Gasteiger partial charge in [0.25, 0.3) is 11.1 Å². The van der Waals surface area contributed by atoms with E-state index in [0.717, 1.165) is 24.3 Å². The maximum Gasteiger partial charge on any atom is 0.437 e. The van der Waals surface area contributed by atoms with Crippen LogP contribution in [0.5, 0.6) is 11.5 Å². The second-order valence-electron chi connectivity index (χ2n) is 7.45. The lowest BCUT2D eigenvalue weighted by Crippen LogP contribution is -2.28. The summed E-state index contributed by atoms with van der Waals surface area (Å²) in [5.74, 6) is -3.98. The van der Waals surface area contributed by atoms with E-state index in [9.17, 15) is 31.5 Å². The second kappa shape index (κ2) is 9.82. The zero-order chi connectivity index (χ0) is 26.9. The van der Waals surface area contributed by atoms with Gasteiger partial charge >= 0.3 is 6.18 Å². The Balaban J connectivity index is 1.80. The molecule has 8 nitrogen and oxygen atoms in total. The first-order chi connectivity index (χ1) is 17.5. The SMILES string of the molecule is N#Cc1cc(Cl)cc(Oc2c(C(F)(F)F)ncn(Cc3cc(-c4cccc(F)c4F)n[nH]c3=O)c2=O)c1. The molecule has 14 heteroatoms. The molecule has 0 aliphatic heterocycles. The van der Waals surface area contributed by atoms with Crippen molar-refractivity contribution < 1.29 is 26.7 Å². The molecule has 0 bridgehead atoms. The molecular weight excluding hydrogens is 525 g/mol. The zero-order valence-electron chi connectivity index (χ0n) is 18.1. The minimum atomic E-state index is -5.10. The van der Waals surface area contributed by atoms with Gasteiger partial charge < -0.3 is 4.74 Å². The van der Waals surface area contributed by atoms with Gasteiger partial charge in [-0.05, 0) is 36.4 Å². The van der Waals surface area contributed by atoms with Crippen molar-refractivity contribution in [3.63, 3.8) is 0 Å². The summed E-state index contributed by atoms with van der Waals surface area (Å²) < 4.78 is 74.4. The number of rotatable bonds is 5. The van der Waals surface area contributed by atoms with Crippen LogP contribution in [0.2, 0.25) is 5.02 Å². The highest BCUT2D eigenvalue weighted by molar-refractivity contribution is 6.30. The summed E-state index contributed by atoms with van der Waals surface area (Å²) in [5, 5.41) is 14.8. The summed E-state index contributed by atoms with van der Waals surface area (Å²) in [6, 6.07) is 9.47. The number of hydrogen-bond acceptors (Lipinski definition) is 6. The maximum atomic E-state index is 14.2.